The Bertz CT molecular complexity index is 1180. The number of para-hydroxylation sites is 1. The van der Waals surface area contributed by atoms with Crippen molar-refractivity contribution in [3.8, 4) is 17.0 Å². The number of carbonyl (C=O) groups excluding carboxylic acids is 1. The molecule has 8 heteroatoms. The highest BCUT2D eigenvalue weighted by Crippen LogP contribution is 2.41. The molecule has 0 radical (unpaired) electrons. The second-order valence-electron chi connectivity index (χ2n) is 9.02. The third-order valence-electron chi connectivity index (χ3n) is 6.75. The topological polar surface area (TPSA) is 109 Å². The van der Waals surface area contributed by atoms with E-state index in [-0.39, 0.29) is 29.7 Å². The van der Waals surface area contributed by atoms with Gasteiger partial charge in [-0.3, -0.25) is 4.79 Å². The lowest BCUT2D eigenvalue weighted by Gasteiger charge is -2.26. The van der Waals surface area contributed by atoms with Gasteiger partial charge in [0, 0.05) is 41.3 Å². The number of rotatable bonds is 5. The lowest BCUT2D eigenvalue weighted by atomic mass is 9.88. The lowest BCUT2D eigenvalue weighted by Crippen LogP contribution is -2.37. The van der Waals surface area contributed by atoms with Gasteiger partial charge < -0.3 is 24.9 Å². The Morgan fingerprint density at radius 3 is 2.88 bits per heavy atom. The molecular formula is C26H30N4O4. The van der Waals surface area contributed by atoms with E-state index in [1.54, 1.807) is 12.1 Å². The van der Waals surface area contributed by atoms with Gasteiger partial charge in [0.05, 0.1) is 24.4 Å². The zero-order valence-electron chi connectivity index (χ0n) is 19.1. The molecule has 2 aliphatic heterocycles. The summed E-state index contributed by atoms with van der Waals surface area (Å²) in [7, 11) is 0. The second kappa shape index (κ2) is 9.95. The highest BCUT2D eigenvalue weighted by Gasteiger charge is 2.31. The smallest absolute Gasteiger partial charge is 0.243 e. The molecule has 1 aromatic carbocycles. The summed E-state index contributed by atoms with van der Waals surface area (Å²) >= 11 is 0. The van der Waals surface area contributed by atoms with E-state index in [2.05, 4.69) is 27.1 Å². The summed E-state index contributed by atoms with van der Waals surface area (Å²) in [6, 6.07) is 9.04. The van der Waals surface area contributed by atoms with Gasteiger partial charge >= 0.3 is 0 Å². The Morgan fingerprint density at radius 2 is 2.09 bits per heavy atom. The third-order valence-corrected chi connectivity index (χ3v) is 6.75. The van der Waals surface area contributed by atoms with Crippen molar-refractivity contribution in [2.75, 3.05) is 19.8 Å². The van der Waals surface area contributed by atoms with Crippen LogP contribution < -0.4 is 5.32 Å². The van der Waals surface area contributed by atoms with Crippen LogP contribution in [0.4, 0.5) is 0 Å². The predicted octanol–water partition coefficient (Wildman–Crippen LogP) is 4.14. The van der Waals surface area contributed by atoms with E-state index in [0.717, 1.165) is 55.4 Å². The van der Waals surface area contributed by atoms with Crippen LogP contribution >= 0.6 is 0 Å². The van der Waals surface area contributed by atoms with E-state index in [1.165, 1.54) is 6.08 Å². The van der Waals surface area contributed by atoms with Crippen LogP contribution in [0.2, 0.25) is 0 Å². The number of ether oxygens (including phenoxy) is 2. The van der Waals surface area contributed by atoms with E-state index >= 15 is 0 Å². The summed E-state index contributed by atoms with van der Waals surface area (Å²) in [6.45, 7) is 5.38. The minimum absolute atomic E-state index is 0.0377. The van der Waals surface area contributed by atoms with Crippen molar-refractivity contribution in [2.24, 2.45) is 0 Å². The number of benzene rings is 1. The van der Waals surface area contributed by atoms with Crippen LogP contribution in [0.3, 0.4) is 0 Å². The Kier molecular flexibility index (Phi) is 6.60. The quantitative estimate of drug-likeness (QED) is 0.492. The summed E-state index contributed by atoms with van der Waals surface area (Å²) in [5, 5.41) is 23.2. The first kappa shape index (κ1) is 22.6. The van der Waals surface area contributed by atoms with Gasteiger partial charge in [0.25, 0.3) is 0 Å². The van der Waals surface area contributed by atoms with Crippen LogP contribution in [0.15, 0.2) is 43.0 Å². The van der Waals surface area contributed by atoms with Crippen LogP contribution in [0.5, 0.6) is 5.75 Å². The van der Waals surface area contributed by atoms with Gasteiger partial charge in [-0.05, 0) is 56.4 Å². The number of hydrogen-bond acceptors (Lipinski definition) is 6. The SMILES string of the molecule is C=CC(=O)N[C@@H]1COCC[C@H](c2[nH]c3nnc(-c4ccccc4O)cc3c2[C@@H]2CCCCO2)C1. The number of nitrogens with one attached hydrogen (secondary N) is 2. The molecule has 8 nitrogen and oxygen atoms in total. The van der Waals surface area contributed by atoms with Gasteiger partial charge in [0.1, 0.15) is 5.75 Å². The average Bonchev–Trinajstić information content (AvgIpc) is 3.09. The fourth-order valence-electron chi connectivity index (χ4n) is 5.09. The molecule has 5 rings (SSSR count). The molecule has 0 unspecified atom stereocenters. The molecule has 3 atom stereocenters. The Labute approximate surface area is 198 Å². The molecule has 4 heterocycles. The largest absolute Gasteiger partial charge is 0.507 e. The van der Waals surface area contributed by atoms with Crippen molar-refractivity contribution >= 4 is 16.9 Å². The summed E-state index contributed by atoms with van der Waals surface area (Å²) < 4.78 is 12.0. The van der Waals surface area contributed by atoms with Crippen LogP contribution in [0.1, 0.15) is 55.4 Å². The molecule has 3 N–H and O–H groups in total. The number of nitrogens with zero attached hydrogens (tertiary/aromatic N) is 2. The summed E-state index contributed by atoms with van der Waals surface area (Å²) in [4.78, 5) is 15.5. The molecule has 2 aromatic heterocycles. The van der Waals surface area contributed by atoms with Gasteiger partial charge in [-0.1, -0.05) is 18.7 Å². The van der Waals surface area contributed by atoms with Crippen LogP contribution in [0.25, 0.3) is 22.3 Å². The molecule has 0 aliphatic carbocycles. The van der Waals surface area contributed by atoms with Gasteiger partial charge in [-0.25, -0.2) is 0 Å². The van der Waals surface area contributed by atoms with E-state index in [9.17, 15) is 9.90 Å². The monoisotopic (exact) mass is 462 g/mol. The first-order valence-corrected chi connectivity index (χ1v) is 11.9. The van der Waals surface area contributed by atoms with Crippen molar-refractivity contribution in [3.05, 3.63) is 54.2 Å². The van der Waals surface area contributed by atoms with Crippen LogP contribution in [0, 0.1) is 0 Å². The minimum atomic E-state index is -0.195. The lowest BCUT2D eigenvalue weighted by molar-refractivity contribution is -0.117. The number of carbonyl (C=O) groups is 1. The number of aromatic hydroxyl groups is 1. The van der Waals surface area contributed by atoms with E-state index < -0.39 is 0 Å². The molecule has 34 heavy (non-hydrogen) atoms. The molecule has 2 aliphatic rings. The Hall–Kier alpha value is -3.23. The van der Waals surface area contributed by atoms with Gasteiger partial charge in [-0.2, -0.15) is 0 Å². The molecule has 178 valence electrons. The van der Waals surface area contributed by atoms with Crippen molar-refractivity contribution in [2.45, 2.75) is 50.2 Å². The molecule has 3 aromatic rings. The number of phenols is 1. The summed E-state index contributed by atoms with van der Waals surface area (Å²) in [5.41, 5.74) is 4.16. The maximum absolute atomic E-state index is 11.9. The molecule has 0 saturated carbocycles. The van der Waals surface area contributed by atoms with Crippen molar-refractivity contribution in [1.29, 1.82) is 0 Å². The molecule has 0 bridgehead atoms. The third kappa shape index (κ3) is 4.56. The van der Waals surface area contributed by atoms with Crippen molar-refractivity contribution < 1.29 is 19.4 Å². The highest BCUT2D eigenvalue weighted by molar-refractivity contribution is 5.87. The zero-order chi connectivity index (χ0) is 23.5. The minimum Gasteiger partial charge on any atom is -0.507 e. The maximum atomic E-state index is 11.9. The fourth-order valence-corrected chi connectivity index (χ4v) is 5.09. The summed E-state index contributed by atoms with van der Waals surface area (Å²) in [6.07, 6.45) is 5.93. The first-order chi connectivity index (χ1) is 16.6. The average molecular weight is 463 g/mol. The molecular weight excluding hydrogens is 432 g/mol. The van der Waals surface area contributed by atoms with Gasteiger partial charge in [-0.15, -0.1) is 10.2 Å². The second-order valence-corrected chi connectivity index (χ2v) is 9.02. The summed E-state index contributed by atoms with van der Waals surface area (Å²) in [5.74, 6) is 0.116. The van der Waals surface area contributed by atoms with Crippen molar-refractivity contribution in [3.63, 3.8) is 0 Å². The number of fused-ring (bicyclic) bond motifs is 1. The van der Waals surface area contributed by atoms with Crippen LogP contribution in [-0.4, -0.2) is 52.1 Å². The van der Waals surface area contributed by atoms with Crippen LogP contribution in [-0.2, 0) is 14.3 Å². The Morgan fingerprint density at radius 1 is 1.21 bits per heavy atom. The highest BCUT2D eigenvalue weighted by atomic mass is 16.5. The number of hydrogen-bond donors (Lipinski definition) is 3. The number of aromatic nitrogens is 3. The standard InChI is InChI=1S/C26H30N4O4/c1-2-23(32)27-17-13-16(10-12-33-15-17)25-24(22-9-5-6-11-34-22)19-14-20(29-30-26(19)28-25)18-7-3-4-8-21(18)31/h2-4,7-8,14,16-17,22,31H,1,5-6,9-13,15H2,(H,27,32)(H,28,30)/t16-,17-,22-/m0/s1. The van der Waals surface area contributed by atoms with E-state index in [1.807, 2.05) is 18.2 Å². The molecule has 2 saturated heterocycles. The number of H-pyrrole nitrogens is 1. The number of phenolic OH excluding ortho intramolecular Hbond substituents is 1. The number of amides is 1. The van der Waals surface area contributed by atoms with Gasteiger partial charge in [0.15, 0.2) is 5.65 Å². The van der Waals surface area contributed by atoms with E-state index in [0.29, 0.717) is 30.1 Å². The van der Waals surface area contributed by atoms with Gasteiger partial charge in [0.2, 0.25) is 5.91 Å². The normalized spacial score (nSPS) is 23.4. The number of aromatic amines is 1. The fraction of sp³-hybridized carbons (Fsp3) is 0.423. The van der Waals surface area contributed by atoms with E-state index in [4.69, 9.17) is 9.47 Å². The maximum Gasteiger partial charge on any atom is 0.243 e. The molecule has 2 fully saturated rings. The first-order valence-electron chi connectivity index (χ1n) is 11.9. The zero-order valence-corrected chi connectivity index (χ0v) is 19.1. The predicted molar refractivity (Wildman–Crippen MR) is 128 cm³/mol. The Balaban J connectivity index is 1.58. The van der Waals surface area contributed by atoms with Crippen molar-refractivity contribution in [1.82, 2.24) is 20.5 Å². The molecule has 1 amide bonds. The molecule has 0 spiro atoms.